The Balaban J connectivity index is 0.000000772. The van der Waals surface area contributed by atoms with Crippen LogP contribution in [0.2, 0.25) is 0 Å². The van der Waals surface area contributed by atoms with Gasteiger partial charge in [0, 0.05) is 0 Å². The van der Waals surface area contributed by atoms with Crippen LogP contribution in [0.4, 0.5) is 0 Å². The fourth-order valence-corrected chi connectivity index (χ4v) is 5.40. The number of fused-ring (bicyclic) bond motifs is 6. The van der Waals surface area contributed by atoms with Crippen LogP contribution in [0, 0.1) is 39.2 Å². The van der Waals surface area contributed by atoms with E-state index in [9.17, 15) is 0 Å². The van der Waals surface area contributed by atoms with Crippen LogP contribution in [0.3, 0.4) is 0 Å². The van der Waals surface area contributed by atoms with Crippen LogP contribution in [0.1, 0.15) is 49.7 Å². The Morgan fingerprint density at radius 2 is 1.78 bits per heavy atom. The number of benzene rings is 1. The average molecular weight is 561 g/mol. The van der Waals surface area contributed by atoms with Gasteiger partial charge in [-0.3, -0.25) is 6.08 Å². The minimum absolute atomic E-state index is 0. The van der Waals surface area contributed by atoms with E-state index in [0.717, 1.165) is 24.7 Å². The van der Waals surface area contributed by atoms with Crippen molar-refractivity contribution < 1.29 is 23.3 Å². The number of halogens is 2. The first kappa shape index (κ1) is 31.5. The zero-order chi connectivity index (χ0) is 19.3. The molecular formula is C28H34Cl2SiZr-4. The van der Waals surface area contributed by atoms with Crippen LogP contribution in [0.5, 0.6) is 0 Å². The van der Waals surface area contributed by atoms with Gasteiger partial charge < -0.3 is 14.9 Å². The number of hydrogen-bond donors (Lipinski definition) is 0. The van der Waals surface area contributed by atoms with Crippen LogP contribution in [0.15, 0.2) is 71.4 Å². The van der Waals surface area contributed by atoms with Crippen LogP contribution < -0.4 is 0 Å². The van der Waals surface area contributed by atoms with E-state index < -0.39 is 0 Å². The monoisotopic (exact) mass is 558 g/mol. The minimum atomic E-state index is 0. The third kappa shape index (κ3) is 6.32. The molecule has 2 atom stereocenters. The Bertz CT molecular complexity index is 884. The van der Waals surface area contributed by atoms with Crippen molar-refractivity contribution in [2.75, 3.05) is 0 Å². The third-order valence-corrected chi connectivity index (χ3v) is 6.49. The van der Waals surface area contributed by atoms with E-state index in [4.69, 9.17) is 0 Å². The van der Waals surface area contributed by atoms with Gasteiger partial charge in [0.25, 0.3) is 0 Å². The Morgan fingerprint density at radius 3 is 2.47 bits per heavy atom. The van der Waals surface area contributed by atoms with Gasteiger partial charge >= 0.3 is 30.2 Å². The van der Waals surface area contributed by atoms with E-state index in [1.165, 1.54) is 61.0 Å². The number of hydrogen-bond acceptors (Lipinski definition) is 0. The molecule has 0 aliphatic heterocycles. The fraction of sp³-hybridized carbons (Fsp3) is 0.321. The summed E-state index contributed by atoms with van der Waals surface area (Å²) in [6, 6.07) is 9.07. The van der Waals surface area contributed by atoms with Crippen LogP contribution >= 0.6 is 24.8 Å². The quantitative estimate of drug-likeness (QED) is 0.223. The molecule has 0 nitrogen and oxygen atoms in total. The Morgan fingerprint density at radius 1 is 1.00 bits per heavy atom. The molecule has 0 heterocycles. The second-order valence-electron chi connectivity index (χ2n) is 7.93. The van der Waals surface area contributed by atoms with Gasteiger partial charge in [0.15, 0.2) is 0 Å². The van der Waals surface area contributed by atoms with Crippen molar-refractivity contribution in [1.82, 2.24) is 0 Å². The van der Waals surface area contributed by atoms with Gasteiger partial charge in [-0.05, 0) is 36.7 Å². The maximum atomic E-state index is 3.06. The van der Waals surface area contributed by atoms with Gasteiger partial charge in [-0.1, -0.05) is 66.0 Å². The molecule has 0 aromatic heterocycles. The van der Waals surface area contributed by atoms with E-state index in [2.05, 4.69) is 61.9 Å². The maximum absolute atomic E-state index is 3.06. The van der Waals surface area contributed by atoms with Crippen molar-refractivity contribution in [3.05, 3.63) is 110 Å². The summed E-state index contributed by atoms with van der Waals surface area (Å²) in [7, 11) is 0. The second-order valence-corrected chi connectivity index (χ2v) is 7.93. The van der Waals surface area contributed by atoms with Crippen LogP contribution in [-0.2, 0) is 29.8 Å². The molecule has 1 aromatic carbocycles. The summed E-state index contributed by atoms with van der Waals surface area (Å²) in [6.45, 7) is 3.06. The molecule has 6 rings (SSSR count). The molecule has 4 heteroatoms. The molecule has 0 N–H and O–H groups in total. The van der Waals surface area contributed by atoms with Gasteiger partial charge in [0.05, 0.1) is 0 Å². The molecule has 1 saturated carbocycles. The number of rotatable bonds is 0. The molecule has 1 fully saturated rings. The van der Waals surface area contributed by atoms with E-state index in [1.54, 1.807) is 27.9 Å². The normalized spacial score (nSPS) is 22.2. The molecule has 0 bridgehead atoms. The van der Waals surface area contributed by atoms with Crippen LogP contribution in [-0.4, -0.2) is 6.88 Å². The summed E-state index contributed by atoms with van der Waals surface area (Å²) in [5.74, 6) is 1.60. The topological polar surface area (TPSA) is 0 Å². The Kier molecular flexibility index (Phi) is 15.1. The summed E-state index contributed by atoms with van der Waals surface area (Å²) in [5.41, 5.74) is 9.71. The SMILES string of the molecule is C1=CC2=C3C(=C4[CH-]CCCC4C2CC1)Cc1ccccc13.Cl.Cl.[C-]1=CC=CC1.[CH3-].[CH3-].[Si]=[Zr]. The van der Waals surface area contributed by atoms with E-state index in [1.807, 2.05) is 12.2 Å². The van der Waals surface area contributed by atoms with Gasteiger partial charge in [0.2, 0.25) is 0 Å². The molecular weight excluding hydrogens is 527 g/mol. The molecule has 0 spiro atoms. The van der Waals surface area contributed by atoms with Crippen molar-refractivity contribution in [2.24, 2.45) is 11.8 Å². The van der Waals surface area contributed by atoms with E-state index in [-0.39, 0.29) is 39.7 Å². The van der Waals surface area contributed by atoms with Gasteiger partial charge in [-0.2, -0.15) is 11.6 Å². The first-order valence-electron chi connectivity index (χ1n) is 10.5. The summed E-state index contributed by atoms with van der Waals surface area (Å²) in [5, 5.41) is 0. The van der Waals surface area contributed by atoms with E-state index in [0.29, 0.717) is 0 Å². The molecule has 32 heavy (non-hydrogen) atoms. The first-order valence-corrected chi connectivity index (χ1v) is 14.6. The van der Waals surface area contributed by atoms with Crippen molar-refractivity contribution in [1.29, 1.82) is 0 Å². The molecule has 0 amide bonds. The zero-order valence-electron chi connectivity index (χ0n) is 19.2. The molecule has 5 aliphatic carbocycles. The molecule has 172 valence electrons. The Labute approximate surface area is 225 Å². The summed E-state index contributed by atoms with van der Waals surface area (Å²) >= 11 is 1.36. The van der Waals surface area contributed by atoms with Gasteiger partial charge in [0.1, 0.15) is 0 Å². The third-order valence-electron chi connectivity index (χ3n) is 6.49. The predicted molar refractivity (Wildman–Crippen MR) is 142 cm³/mol. The predicted octanol–water partition coefficient (Wildman–Crippen LogP) is 7.94. The molecule has 0 saturated heterocycles. The van der Waals surface area contributed by atoms with Crippen molar-refractivity contribution in [3.63, 3.8) is 0 Å². The fourth-order valence-electron chi connectivity index (χ4n) is 5.40. The zero-order valence-corrected chi connectivity index (χ0v) is 24.3. The summed E-state index contributed by atoms with van der Waals surface area (Å²) in [6.07, 6.45) is 25.3. The van der Waals surface area contributed by atoms with Gasteiger partial charge in [-0.15, -0.1) is 37.7 Å². The standard InChI is InChI=1S/C21H21.C5H5.2CH3.2ClH.Si.Zr/c1-2-8-15-14(7-1)13-20-18-11-4-3-9-16(18)17-10-5-6-12-19(17)21(15)20;1-2-4-5-3-1;;;;;;/h1-2,6-8,11-12,16-17H,3-5,9-10,13H2;1-3H,4H2;2*1H3;2*1H;;/q4*-1;;;;. The molecule has 5 aliphatic rings. The summed E-state index contributed by atoms with van der Waals surface area (Å²) in [4.78, 5) is 0. The summed E-state index contributed by atoms with van der Waals surface area (Å²) < 4.78 is 0. The second kappa shape index (κ2) is 15.4. The van der Waals surface area contributed by atoms with Crippen molar-refractivity contribution in [3.8, 4) is 0 Å². The molecule has 2 unspecified atom stereocenters. The Hall–Kier alpha value is -0.530. The van der Waals surface area contributed by atoms with Crippen molar-refractivity contribution in [2.45, 2.75) is 44.9 Å². The average Bonchev–Trinajstić information content (AvgIpc) is 3.47. The van der Waals surface area contributed by atoms with E-state index >= 15 is 0 Å². The van der Waals surface area contributed by atoms with Crippen molar-refractivity contribution >= 4 is 37.3 Å². The first-order chi connectivity index (χ1) is 13.9. The van der Waals surface area contributed by atoms with Crippen LogP contribution in [0.25, 0.3) is 5.57 Å². The molecule has 2 radical (unpaired) electrons. The molecule has 1 aromatic rings. The van der Waals surface area contributed by atoms with Gasteiger partial charge in [-0.25, -0.2) is 24.1 Å². The number of allylic oxidation sites excluding steroid dienone is 10.